The number of ether oxygens (including phenoxy) is 1. The fourth-order valence-electron chi connectivity index (χ4n) is 7.76. The van der Waals surface area contributed by atoms with Crippen molar-refractivity contribution in [1.29, 1.82) is 0 Å². The van der Waals surface area contributed by atoms with Crippen LogP contribution >= 0.6 is 0 Å². The van der Waals surface area contributed by atoms with Crippen LogP contribution < -0.4 is 4.74 Å². The minimum atomic E-state index is 0.0747. The van der Waals surface area contributed by atoms with Crippen LogP contribution in [0.15, 0.2) is 42.0 Å². The summed E-state index contributed by atoms with van der Waals surface area (Å²) in [6.45, 7) is 2.70. The summed E-state index contributed by atoms with van der Waals surface area (Å²) in [5.41, 5.74) is 1.67. The first-order valence-electron chi connectivity index (χ1n) is 11.6. The number of carbonyl (C=O) groups is 1. The Morgan fingerprint density at radius 3 is 2.72 bits per heavy atom. The third kappa shape index (κ3) is 3.00. The van der Waals surface area contributed by atoms with Crippen LogP contribution in [0.3, 0.4) is 0 Å². The number of hydrogen-bond acceptors (Lipinski definition) is 3. The van der Waals surface area contributed by atoms with Gasteiger partial charge in [0.2, 0.25) is 0 Å². The molecule has 6 unspecified atom stereocenters. The maximum absolute atomic E-state index is 12.2. The van der Waals surface area contributed by atoms with Crippen LogP contribution in [0.1, 0.15) is 64.7 Å². The van der Waals surface area contributed by atoms with Crippen LogP contribution in [0.5, 0.6) is 5.75 Å². The van der Waals surface area contributed by atoms with Gasteiger partial charge in [-0.25, -0.2) is 0 Å². The van der Waals surface area contributed by atoms with Crippen molar-refractivity contribution in [2.45, 2.75) is 70.8 Å². The second-order valence-electron chi connectivity index (χ2n) is 10.2. The van der Waals surface area contributed by atoms with Gasteiger partial charge in [0.15, 0.2) is 0 Å². The summed E-state index contributed by atoms with van der Waals surface area (Å²) in [5.74, 6) is 3.36. The predicted octanol–water partition coefficient (Wildman–Crippen LogP) is 5.33. The number of aliphatic hydroxyl groups excluding tert-OH is 1. The Hall–Kier alpha value is -1.61. The molecule has 1 N–H and O–H groups in total. The van der Waals surface area contributed by atoms with Crippen LogP contribution in [0.2, 0.25) is 0 Å². The zero-order chi connectivity index (χ0) is 20.1. The molecule has 29 heavy (non-hydrogen) atoms. The molecule has 3 saturated carbocycles. The Kier molecular flexibility index (Phi) is 4.85. The summed E-state index contributed by atoms with van der Waals surface area (Å²) in [6, 6.07) is 10.3. The fraction of sp³-hybridized carbons (Fsp3) is 0.654. The molecule has 0 bridgehead atoms. The molecule has 0 heterocycles. The molecule has 0 amide bonds. The van der Waals surface area contributed by atoms with Crippen molar-refractivity contribution >= 4 is 5.78 Å². The first kappa shape index (κ1) is 19.4. The summed E-state index contributed by atoms with van der Waals surface area (Å²) >= 11 is 0. The van der Waals surface area contributed by atoms with Crippen LogP contribution in [0, 0.1) is 28.6 Å². The fourth-order valence-corrected chi connectivity index (χ4v) is 7.76. The smallest absolute Gasteiger partial charge is 0.136 e. The standard InChI is InChI=1S/C26H34O3/c1-25-13-12-23-21(8-7-18-17-19(28)11-14-26(18,23)15-16-27)22(25)9-10-24(25)29-20-5-3-2-4-6-20/h2-7,21-24,27H,8-17H2,1H3. The molecule has 156 valence electrons. The molecule has 0 aromatic heterocycles. The zero-order valence-corrected chi connectivity index (χ0v) is 17.6. The second-order valence-corrected chi connectivity index (χ2v) is 10.2. The normalized spacial score (nSPS) is 41.2. The molecule has 0 aliphatic heterocycles. The summed E-state index contributed by atoms with van der Waals surface area (Å²) < 4.78 is 6.52. The van der Waals surface area contributed by atoms with Gasteiger partial charge in [-0.3, -0.25) is 4.79 Å². The van der Waals surface area contributed by atoms with Gasteiger partial charge in [0.05, 0.1) is 0 Å². The number of aliphatic hydroxyl groups is 1. The van der Waals surface area contributed by atoms with Crippen molar-refractivity contribution in [2.24, 2.45) is 28.6 Å². The number of carbonyl (C=O) groups excluding carboxylic acids is 1. The average Bonchev–Trinajstić information content (AvgIpc) is 3.06. The van der Waals surface area contributed by atoms with Crippen LogP contribution in [-0.4, -0.2) is 23.6 Å². The quantitative estimate of drug-likeness (QED) is 0.702. The van der Waals surface area contributed by atoms with E-state index >= 15 is 0 Å². The Balaban J connectivity index is 1.43. The summed E-state index contributed by atoms with van der Waals surface area (Å²) in [6.07, 6.45) is 11.7. The van der Waals surface area contributed by atoms with Crippen molar-refractivity contribution < 1.29 is 14.6 Å². The van der Waals surface area contributed by atoms with Gasteiger partial charge >= 0.3 is 0 Å². The molecule has 5 rings (SSSR count). The van der Waals surface area contributed by atoms with E-state index in [0.717, 1.165) is 31.4 Å². The third-order valence-corrected chi connectivity index (χ3v) is 9.15. The van der Waals surface area contributed by atoms with E-state index in [0.29, 0.717) is 42.5 Å². The highest BCUT2D eigenvalue weighted by Crippen LogP contribution is 2.65. The van der Waals surface area contributed by atoms with E-state index in [1.54, 1.807) is 0 Å². The van der Waals surface area contributed by atoms with Gasteiger partial charge in [-0.2, -0.15) is 0 Å². The SMILES string of the molecule is CC12CCC3C(CC=C4CC(=O)CCC43CCO)C1CCC2Oc1ccccc1. The van der Waals surface area contributed by atoms with Crippen molar-refractivity contribution in [3.63, 3.8) is 0 Å². The maximum atomic E-state index is 12.2. The number of allylic oxidation sites excluding steroid dienone is 2. The number of rotatable bonds is 4. The van der Waals surface area contributed by atoms with Gasteiger partial charge in [0.25, 0.3) is 0 Å². The van der Waals surface area contributed by atoms with Gasteiger partial charge in [-0.1, -0.05) is 36.8 Å². The monoisotopic (exact) mass is 394 g/mol. The highest BCUT2D eigenvalue weighted by atomic mass is 16.5. The highest BCUT2D eigenvalue weighted by molar-refractivity contribution is 5.82. The van der Waals surface area contributed by atoms with Gasteiger partial charge in [0, 0.05) is 24.9 Å². The largest absolute Gasteiger partial charge is 0.490 e. The molecular formula is C26H34O3. The van der Waals surface area contributed by atoms with E-state index in [-0.39, 0.29) is 17.4 Å². The lowest BCUT2D eigenvalue weighted by Crippen LogP contribution is -2.52. The molecule has 3 fully saturated rings. The number of benzene rings is 1. The number of fused-ring (bicyclic) bond motifs is 5. The van der Waals surface area contributed by atoms with Crippen molar-refractivity contribution in [3.05, 3.63) is 42.0 Å². The molecule has 3 nitrogen and oxygen atoms in total. The minimum absolute atomic E-state index is 0.0747. The molecule has 0 saturated heterocycles. The van der Waals surface area contributed by atoms with E-state index in [1.807, 2.05) is 6.07 Å². The zero-order valence-electron chi connectivity index (χ0n) is 17.6. The lowest BCUT2D eigenvalue weighted by Gasteiger charge is -2.58. The van der Waals surface area contributed by atoms with Crippen molar-refractivity contribution in [1.82, 2.24) is 0 Å². The van der Waals surface area contributed by atoms with Gasteiger partial charge in [-0.05, 0) is 80.2 Å². The van der Waals surface area contributed by atoms with Crippen LogP contribution in [0.25, 0.3) is 0 Å². The van der Waals surface area contributed by atoms with Crippen molar-refractivity contribution in [3.8, 4) is 5.75 Å². The molecule has 3 heteroatoms. The summed E-state index contributed by atoms with van der Waals surface area (Å²) in [7, 11) is 0. The minimum Gasteiger partial charge on any atom is -0.490 e. The molecule has 6 atom stereocenters. The Morgan fingerprint density at radius 1 is 1.10 bits per heavy atom. The van der Waals surface area contributed by atoms with E-state index in [2.05, 4.69) is 37.3 Å². The van der Waals surface area contributed by atoms with E-state index in [4.69, 9.17) is 4.74 Å². The van der Waals surface area contributed by atoms with Gasteiger partial charge < -0.3 is 9.84 Å². The van der Waals surface area contributed by atoms with Crippen molar-refractivity contribution in [2.75, 3.05) is 6.61 Å². The Labute approximate surface area is 174 Å². The van der Waals surface area contributed by atoms with E-state index in [1.165, 1.54) is 24.8 Å². The molecule has 1 aromatic rings. The Morgan fingerprint density at radius 2 is 1.93 bits per heavy atom. The number of para-hydroxylation sites is 1. The van der Waals surface area contributed by atoms with E-state index < -0.39 is 0 Å². The molecule has 0 spiro atoms. The number of hydrogen-bond donors (Lipinski definition) is 1. The lowest BCUT2D eigenvalue weighted by atomic mass is 9.47. The van der Waals surface area contributed by atoms with Gasteiger partial charge in [-0.15, -0.1) is 0 Å². The van der Waals surface area contributed by atoms with Gasteiger partial charge in [0.1, 0.15) is 17.6 Å². The van der Waals surface area contributed by atoms with Crippen LogP contribution in [0.4, 0.5) is 0 Å². The maximum Gasteiger partial charge on any atom is 0.136 e. The van der Waals surface area contributed by atoms with Crippen LogP contribution in [-0.2, 0) is 4.79 Å². The third-order valence-electron chi connectivity index (χ3n) is 9.15. The number of Topliss-reactive ketones (excluding diaryl/α,β-unsaturated/α-hetero) is 1. The second kappa shape index (κ2) is 7.27. The first-order valence-corrected chi connectivity index (χ1v) is 11.6. The average molecular weight is 395 g/mol. The topological polar surface area (TPSA) is 46.5 Å². The summed E-state index contributed by atoms with van der Waals surface area (Å²) in [5, 5.41) is 9.92. The highest BCUT2D eigenvalue weighted by Gasteiger charge is 2.60. The molecule has 1 aromatic carbocycles. The van der Waals surface area contributed by atoms with E-state index in [9.17, 15) is 9.90 Å². The molecule has 0 radical (unpaired) electrons. The number of ketones is 1. The molecule has 4 aliphatic rings. The molecule has 4 aliphatic carbocycles. The predicted molar refractivity (Wildman–Crippen MR) is 114 cm³/mol. The first-order chi connectivity index (χ1) is 14.1. The Bertz CT molecular complexity index is 799. The molecular weight excluding hydrogens is 360 g/mol. The lowest BCUT2D eigenvalue weighted by molar-refractivity contribution is -0.123. The summed E-state index contributed by atoms with van der Waals surface area (Å²) in [4.78, 5) is 12.2.